The molecule has 1 amide bonds. The Hall–Kier alpha value is -2.13. The molecule has 27 heavy (non-hydrogen) atoms. The van der Waals surface area contributed by atoms with Crippen LogP contribution in [-0.2, 0) is 24.3 Å². The van der Waals surface area contributed by atoms with Crippen LogP contribution in [0.2, 0.25) is 0 Å². The van der Waals surface area contributed by atoms with Gasteiger partial charge in [-0.1, -0.05) is 12.8 Å². The number of carbonyl (C=O) groups is 2. The van der Waals surface area contributed by atoms with Crippen LogP contribution in [0.15, 0.2) is 23.1 Å². The minimum absolute atomic E-state index is 0.100. The average molecular weight is 397 g/mol. The molecule has 2 rings (SSSR count). The number of ether oxygens (including phenoxy) is 1. The number of nitrogens with zero attached hydrogens (tertiary/aromatic N) is 1. The van der Waals surface area contributed by atoms with Crippen molar-refractivity contribution < 1.29 is 22.7 Å². The number of benzene rings is 1. The molecule has 0 unspecified atom stereocenters. The van der Waals surface area contributed by atoms with Crippen LogP contribution in [0.4, 0.5) is 11.4 Å². The fourth-order valence-electron chi connectivity index (χ4n) is 3.23. The van der Waals surface area contributed by atoms with E-state index in [0.29, 0.717) is 24.5 Å². The van der Waals surface area contributed by atoms with E-state index in [1.54, 1.807) is 6.07 Å². The molecule has 0 bridgehead atoms. The Balaban J connectivity index is 2.13. The van der Waals surface area contributed by atoms with Crippen LogP contribution in [0.5, 0.6) is 0 Å². The molecule has 0 saturated heterocycles. The van der Waals surface area contributed by atoms with Crippen LogP contribution < -0.4 is 15.4 Å². The highest BCUT2D eigenvalue weighted by Gasteiger charge is 2.25. The van der Waals surface area contributed by atoms with Crippen molar-refractivity contribution in [2.45, 2.75) is 44.4 Å². The summed E-state index contributed by atoms with van der Waals surface area (Å²) >= 11 is 0. The van der Waals surface area contributed by atoms with Gasteiger partial charge in [-0.2, -0.15) is 0 Å². The zero-order chi connectivity index (χ0) is 20.0. The maximum Gasteiger partial charge on any atom is 0.309 e. The van der Waals surface area contributed by atoms with Crippen molar-refractivity contribution in [2.24, 2.45) is 11.1 Å². The van der Waals surface area contributed by atoms with Gasteiger partial charge >= 0.3 is 5.97 Å². The van der Waals surface area contributed by atoms with Gasteiger partial charge in [0.15, 0.2) is 6.61 Å². The molecule has 0 aliphatic heterocycles. The first-order chi connectivity index (χ1) is 12.8. The number of rotatable bonds is 8. The van der Waals surface area contributed by atoms with Gasteiger partial charge in [-0.3, -0.25) is 9.59 Å². The number of hydrogen-bond donors (Lipinski definition) is 2. The molecular weight excluding hydrogens is 370 g/mol. The van der Waals surface area contributed by atoms with Crippen molar-refractivity contribution in [3.8, 4) is 0 Å². The predicted molar refractivity (Wildman–Crippen MR) is 103 cm³/mol. The van der Waals surface area contributed by atoms with Gasteiger partial charge in [-0.25, -0.2) is 13.6 Å². The molecule has 1 aromatic carbocycles. The molecular formula is C18H27N3O5S. The zero-order valence-corrected chi connectivity index (χ0v) is 16.5. The number of anilines is 2. The van der Waals surface area contributed by atoms with Gasteiger partial charge in [0, 0.05) is 13.1 Å². The molecule has 8 nitrogen and oxygen atoms in total. The maximum absolute atomic E-state index is 12.3. The van der Waals surface area contributed by atoms with Crippen LogP contribution >= 0.6 is 0 Å². The lowest BCUT2D eigenvalue weighted by Crippen LogP contribution is -2.27. The summed E-state index contributed by atoms with van der Waals surface area (Å²) in [5, 5.41) is 7.83. The number of carbonyl (C=O) groups excluding carboxylic acids is 2. The summed E-state index contributed by atoms with van der Waals surface area (Å²) in [6.45, 7) is 4.83. The molecule has 9 heteroatoms. The fraction of sp³-hybridized carbons (Fsp3) is 0.556. The second-order valence-electron chi connectivity index (χ2n) is 6.53. The number of amides is 1. The summed E-state index contributed by atoms with van der Waals surface area (Å²) < 4.78 is 28.4. The zero-order valence-electron chi connectivity index (χ0n) is 15.7. The Morgan fingerprint density at radius 1 is 1.22 bits per heavy atom. The van der Waals surface area contributed by atoms with E-state index in [1.807, 2.05) is 18.7 Å². The molecule has 0 radical (unpaired) electrons. The highest BCUT2D eigenvalue weighted by Crippen LogP contribution is 2.29. The minimum Gasteiger partial charge on any atom is -0.455 e. The molecule has 0 aromatic heterocycles. The van der Waals surface area contributed by atoms with E-state index >= 15 is 0 Å². The summed E-state index contributed by atoms with van der Waals surface area (Å²) in [5.41, 5.74) is 0.981. The number of nitrogens with two attached hydrogens (primary N) is 1. The third-order valence-electron chi connectivity index (χ3n) is 4.71. The Labute approximate surface area is 160 Å². The van der Waals surface area contributed by atoms with Crippen molar-refractivity contribution in [3.05, 3.63) is 18.2 Å². The average Bonchev–Trinajstić information content (AvgIpc) is 3.15. The summed E-state index contributed by atoms with van der Waals surface area (Å²) in [6, 6.07) is 4.32. The Morgan fingerprint density at radius 2 is 1.85 bits per heavy atom. The van der Waals surface area contributed by atoms with Crippen molar-refractivity contribution in [1.29, 1.82) is 0 Å². The van der Waals surface area contributed by atoms with Crippen molar-refractivity contribution in [1.82, 2.24) is 0 Å². The van der Waals surface area contributed by atoms with Crippen LogP contribution in [-0.4, -0.2) is 40.0 Å². The first-order valence-corrected chi connectivity index (χ1v) is 10.7. The topological polar surface area (TPSA) is 119 Å². The van der Waals surface area contributed by atoms with Gasteiger partial charge in [0.25, 0.3) is 5.91 Å². The summed E-state index contributed by atoms with van der Waals surface area (Å²) in [7, 11) is -3.91. The second kappa shape index (κ2) is 9.18. The first-order valence-electron chi connectivity index (χ1n) is 9.14. The van der Waals surface area contributed by atoms with E-state index < -0.39 is 22.5 Å². The van der Waals surface area contributed by atoms with Gasteiger partial charge in [0.05, 0.1) is 22.2 Å². The van der Waals surface area contributed by atoms with E-state index in [0.717, 1.165) is 25.7 Å². The number of hydrogen-bond acceptors (Lipinski definition) is 6. The van der Waals surface area contributed by atoms with E-state index in [4.69, 9.17) is 9.88 Å². The standard InChI is InChI=1S/C18H27N3O5S/c1-3-21(4-2)16-10-9-14(27(19,24)25)11-15(16)20-17(22)12-26-18(23)13-7-5-6-8-13/h9-11,13H,3-8,12H2,1-2H3,(H,20,22)(H2,19,24,25). The van der Waals surface area contributed by atoms with Crippen LogP contribution in [0.25, 0.3) is 0 Å². The Bertz CT molecular complexity index is 784. The maximum atomic E-state index is 12.3. The van der Waals surface area contributed by atoms with Gasteiger partial charge in [-0.15, -0.1) is 0 Å². The predicted octanol–water partition coefficient (Wildman–Crippen LogP) is 1.85. The van der Waals surface area contributed by atoms with Crippen molar-refractivity contribution in [2.75, 3.05) is 29.9 Å². The van der Waals surface area contributed by atoms with E-state index in [2.05, 4.69) is 5.32 Å². The monoisotopic (exact) mass is 397 g/mol. The third kappa shape index (κ3) is 5.67. The van der Waals surface area contributed by atoms with E-state index in [1.165, 1.54) is 12.1 Å². The summed E-state index contributed by atoms with van der Waals surface area (Å²) in [6.07, 6.45) is 3.59. The first kappa shape index (κ1) is 21.2. The largest absolute Gasteiger partial charge is 0.455 e. The molecule has 0 spiro atoms. The summed E-state index contributed by atoms with van der Waals surface area (Å²) in [5.74, 6) is -1.01. The molecule has 1 saturated carbocycles. The van der Waals surface area contributed by atoms with Crippen molar-refractivity contribution >= 4 is 33.3 Å². The fourth-order valence-corrected chi connectivity index (χ4v) is 3.77. The lowest BCUT2D eigenvalue weighted by atomic mass is 10.1. The Morgan fingerprint density at radius 3 is 2.41 bits per heavy atom. The summed E-state index contributed by atoms with van der Waals surface area (Å²) in [4.78, 5) is 26.1. The smallest absolute Gasteiger partial charge is 0.309 e. The molecule has 0 atom stereocenters. The van der Waals surface area contributed by atoms with Crippen LogP contribution in [0, 0.1) is 5.92 Å². The number of sulfonamides is 1. The molecule has 3 N–H and O–H groups in total. The molecule has 1 fully saturated rings. The highest BCUT2D eigenvalue weighted by molar-refractivity contribution is 7.89. The minimum atomic E-state index is -3.91. The lowest BCUT2D eigenvalue weighted by Gasteiger charge is -2.24. The van der Waals surface area contributed by atoms with E-state index in [9.17, 15) is 18.0 Å². The number of nitrogens with one attached hydrogen (secondary N) is 1. The molecule has 1 aliphatic carbocycles. The van der Waals surface area contributed by atoms with E-state index in [-0.39, 0.29) is 16.8 Å². The van der Waals surface area contributed by atoms with Gasteiger partial charge in [0.2, 0.25) is 10.0 Å². The number of primary sulfonamides is 1. The number of esters is 1. The van der Waals surface area contributed by atoms with Crippen LogP contribution in [0.1, 0.15) is 39.5 Å². The molecule has 1 aliphatic rings. The Kier molecular flexibility index (Phi) is 7.20. The highest BCUT2D eigenvalue weighted by atomic mass is 32.2. The quantitative estimate of drug-likeness (QED) is 0.646. The van der Waals surface area contributed by atoms with Gasteiger partial charge in [0.1, 0.15) is 0 Å². The van der Waals surface area contributed by atoms with Crippen molar-refractivity contribution in [3.63, 3.8) is 0 Å². The normalized spacial score (nSPS) is 14.8. The lowest BCUT2D eigenvalue weighted by molar-refractivity contribution is -0.151. The molecule has 150 valence electrons. The van der Waals surface area contributed by atoms with Gasteiger partial charge in [-0.05, 0) is 44.9 Å². The second-order valence-corrected chi connectivity index (χ2v) is 8.09. The molecule has 0 heterocycles. The third-order valence-corrected chi connectivity index (χ3v) is 5.62. The van der Waals surface area contributed by atoms with Crippen LogP contribution in [0.3, 0.4) is 0 Å². The van der Waals surface area contributed by atoms with Gasteiger partial charge < -0.3 is 15.0 Å². The SMILES string of the molecule is CCN(CC)c1ccc(S(N)(=O)=O)cc1NC(=O)COC(=O)C1CCCC1. The molecule has 1 aromatic rings.